The highest BCUT2D eigenvalue weighted by molar-refractivity contribution is 6.30. The molecule has 138 valence electrons. The number of halogens is 1. The fourth-order valence-corrected chi connectivity index (χ4v) is 2.65. The molecule has 3 aromatic rings. The molecule has 0 saturated carbocycles. The lowest BCUT2D eigenvalue weighted by Crippen LogP contribution is -2.35. The van der Waals surface area contributed by atoms with E-state index < -0.39 is 0 Å². The molecule has 0 aliphatic heterocycles. The number of oxazole rings is 1. The molecule has 7 heteroatoms. The van der Waals surface area contributed by atoms with Gasteiger partial charge in [-0.1, -0.05) is 35.9 Å². The zero-order chi connectivity index (χ0) is 19.2. The van der Waals surface area contributed by atoms with Gasteiger partial charge in [0.2, 0.25) is 17.7 Å². The van der Waals surface area contributed by atoms with Crippen molar-refractivity contribution in [3.05, 3.63) is 71.6 Å². The van der Waals surface area contributed by atoms with Gasteiger partial charge in [0.15, 0.2) is 0 Å². The van der Waals surface area contributed by atoms with Crippen molar-refractivity contribution in [1.82, 2.24) is 9.88 Å². The Morgan fingerprint density at radius 1 is 1.15 bits per heavy atom. The first-order chi connectivity index (χ1) is 13.0. The van der Waals surface area contributed by atoms with E-state index in [9.17, 15) is 9.59 Å². The molecule has 1 aromatic heterocycles. The van der Waals surface area contributed by atoms with Gasteiger partial charge in [-0.25, -0.2) is 4.98 Å². The second-order valence-electron chi connectivity index (χ2n) is 6.00. The van der Waals surface area contributed by atoms with Crippen LogP contribution in [0.3, 0.4) is 0 Å². The molecule has 0 aliphatic carbocycles. The predicted molar refractivity (Wildman–Crippen MR) is 103 cm³/mol. The molecule has 0 fully saturated rings. The van der Waals surface area contributed by atoms with Crippen LogP contribution in [0.25, 0.3) is 11.5 Å². The van der Waals surface area contributed by atoms with Gasteiger partial charge in [-0.15, -0.1) is 0 Å². The Bertz CT molecular complexity index is 940. The summed E-state index contributed by atoms with van der Waals surface area (Å²) in [5.41, 5.74) is 1.93. The Morgan fingerprint density at radius 3 is 2.67 bits per heavy atom. The maximum atomic E-state index is 12.3. The number of carbonyl (C=O) groups excluding carboxylic acids is 2. The largest absolute Gasteiger partial charge is 0.444 e. The number of hydrogen-bond donors (Lipinski definition) is 1. The summed E-state index contributed by atoms with van der Waals surface area (Å²) in [5.74, 6) is -0.0813. The van der Waals surface area contributed by atoms with E-state index in [1.54, 1.807) is 31.3 Å². The number of aromatic nitrogens is 1. The quantitative estimate of drug-likeness (QED) is 0.705. The average Bonchev–Trinajstić information content (AvgIpc) is 3.11. The van der Waals surface area contributed by atoms with Crippen LogP contribution in [-0.4, -0.2) is 35.3 Å². The van der Waals surface area contributed by atoms with E-state index in [0.717, 1.165) is 5.56 Å². The normalized spacial score (nSPS) is 10.4. The van der Waals surface area contributed by atoms with Crippen LogP contribution < -0.4 is 5.32 Å². The van der Waals surface area contributed by atoms with Crippen LogP contribution in [-0.2, 0) is 16.0 Å². The Kier molecular flexibility index (Phi) is 5.88. The third-order valence-electron chi connectivity index (χ3n) is 3.82. The highest BCUT2D eigenvalue weighted by Gasteiger charge is 2.16. The van der Waals surface area contributed by atoms with Gasteiger partial charge in [-0.05, 0) is 30.3 Å². The Labute approximate surface area is 161 Å². The summed E-state index contributed by atoms with van der Waals surface area (Å²) in [6.45, 7) is -0.0747. The Morgan fingerprint density at radius 2 is 1.93 bits per heavy atom. The van der Waals surface area contributed by atoms with Crippen molar-refractivity contribution in [2.24, 2.45) is 0 Å². The molecule has 0 unspecified atom stereocenters. The fraction of sp³-hybridized carbons (Fsp3) is 0.150. The van der Waals surface area contributed by atoms with Crippen LogP contribution in [0.5, 0.6) is 0 Å². The lowest BCUT2D eigenvalue weighted by atomic mass is 10.2. The lowest BCUT2D eigenvalue weighted by Gasteiger charge is -2.16. The third-order valence-corrected chi connectivity index (χ3v) is 4.05. The van der Waals surface area contributed by atoms with E-state index >= 15 is 0 Å². The molecule has 27 heavy (non-hydrogen) atoms. The molecule has 0 spiro atoms. The second kappa shape index (κ2) is 8.51. The molecule has 0 atom stereocenters. The summed E-state index contributed by atoms with van der Waals surface area (Å²) < 4.78 is 5.43. The van der Waals surface area contributed by atoms with Crippen molar-refractivity contribution < 1.29 is 14.0 Å². The van der Waals surface area contributed by atoms with Crippen molar-refractivity contribution in [2.45, 2.75) is 6.42 Å². The minimum atomic E-state index is -0.307. The number of nitrogens with zero attached hydrogens (tertiary/aromatic N) is 2. The number of rotatable bonds is 6. The van der Waals surface area contributed by atoms with E-state index in [1.165, 1.54) is 11.2 Å². The highest BCUT2D eigenvalue weighted by Crippen LogP contribution is 2.18. The van der Waals surface area contributed by atoms with Gasteiger partial charge >= 0.3 is 0 Å². The van der Waals surface area contributed by atoms with Gasteiger partial charge in [0, 0.05) is 23.3 Å². The summed E-state index contributed by atoms with van der Waals surface area (Å²) in [4.78, 5) is 30.1. The van der Waals surface area contributed by atoms with E-state index in [1.807, 2.05) is 30.3 Å². The van der Waals surface area contributed by atoms with Gasteiger partial charge in [-0.3, -0.25) is 9.59 Å². The number of likely N-dealkylation sites (N-methyl/N-ethyl adjacent to an activating group) is 1. The van der Waals surface area contributed by atoms with Crippen molar-refractivity contribution >= 4 is 29.1 Å². The monoisotopic (exact) mass is 383 g/mol. The fourth-order valence-electron chi connectivity index (χ4n) is 2.46. The second-order valence-corrected chi connectivity index (χ2v) is 6.43. The minimum Gasteiger partial charge on any atom is -0.444 e. The average molecular weight is 384 g/mol. The van der Waals surface area contributed by atoms with Crippen LogP contribution in [0.4, 0.5) is 5.69 Å². The Balaban J connectivity index is 1.55. The minimum absolute atomic E-state index is 0.0529. The zero-order valence-electron chi connectivity index (χ0n) is 14.7. The van der Waals surface area contributed by atoms with Gasteiger partial charge in [0.05, 0.1) is 18.7 Å². The molecule has 6 nitrogen and oxygen atoms in total. The standard InChI is InChI=1S/C20H18ClN3O3/c1-24(12-18(25)22-16-9-5-8-15(21)10-16)19(26)11-17-13-27-20(23-17)14-6-3-2-4-7-14/h2-10,13H,11-12H2,1H3,(H,22,25). The zero-order valence-corrected chi connectivity index (χ0v) is 15.4. The first kappa shape index (κ1) is 18.7. The van der Waals surface area contributed by atoms with Crippen molar-refractivity contribution in [1.29, 1.82) is 0 Å². The molecule has 1 heterocycles. The molecule has 2 aromatic carbocycles. The lowest BCUT2D eigenvalue weighted by molar-refractivity contribution is -0.132. The maximum Gasteiger partial charge on any atom is 0.243 e. The summed E-state index contributed by atoms with van der Waals surface area (Å²) >= 11 is 5.89. The van der Waals surface area contributed by atoms with Crippen molar-refractivity contribution in [2.75, 3.05) is 18.9 Å². The molecular formula is C20H18ClN3O3. The van der Waals surface area contributed by atoms with Crippen molar-refractivity contribution in [3.8, 4) is 11.5 Å². The van der Waals surface area contributed by atoms with E-state index in [2.05, 4.69) is 10.3 Å². The summed E-state index contributed by atoms with van der Waals surface area (Å²) in [5, 5.41) is 3.23. The van der Waals surface area contributed by atoms with E-state index in [4.69, 9.17) is 16.0 Å². The number of anilines is 1. The number of hydrogen-bond acceptors (Lipinski definition) is 4. The SMILES string of the molecule is CN(CC(=O)Nc1cccc(Cl)c1)C(=O)Cc1coc(-c2ccccc2)n1. The summed E-state index contributed by atoms with van der Waals surface area (Å²) in [7, 11) is 1.57. The van der Waals surface area contributed by atoms with E-state index in [-0.39, 0.29) is 24.8 Å². The topological polar surface area (TPSA) is 75.4 Å². The molecule has 0 bridgehead atoms. The first-order valence-electron chi connectivity index (χ1n) is 8.30. The summed E-state index contributed by atoms with van der Waals surface area (Å²) in [6, 6.07) is 16.3. The molecule has 0 radical (unpaired) electrons. The van der Waals surface area contributed by atoms with Crippen LogP contribution in [0.15, 0.2) is 65.3 Å². The van der Waals surface area contributed by atoms with Gasteiger partial charge < -0.3 is 14.6 Å². The number of amides is 2. The van der Waals surface area contributed by atoms with Crippen LogP contribution in [0, 0.1) is 0 Å². The molecule has 2 amide bonds. The summed E-state index contributed by atoms with van der Waals surface area (Å²) in [6.07, 6.45) is 1.51. The molecule has 0 saturated heterocycles. The molecule has 3 rings (SSSR count). The molecular weight excluding hydrogens is 366 g/mol. The van der Waals surface area contributed by atoms with Crippen molar-refractivity contribution in [3.63, 3.8) is 0 Å². The van der Waals surface area contributed by atoms with Gasteiger partial charge in [0.25, 0.3) is 0 Å². The Hall–Kier alpha value is -3.12. The third kappa shape index (κ3) is 5.18. The van der Waals surface area contributed by atoms with Gasteiger partial charge in [0.1, 0.15) is 6.26 Å². The molecule has 1 N–H and O–H groups in total. The number of benzene rings is 2. The smallest absolute Gasteiger partial charge is 0.243 e. The number of carbonyl (C=O) groups is 2. The van der Waals surface area contributed by atoms with Crippen LogP contribution in [0.1, 0.15) is 5.69 Å². The molecule has 0 aliphatic rings. The maximum absolute atomic E-state index is 12.3. The van der Waals surface area contributed by atoms with E-state index in [0.29, 0.717) is 22.3 Å². The van der Waals surface area contributed by atoms with Crippen LogP contribution in [0.2, 0.25) is 5.02 Å². The predicted octanol–water partition coefficient (Wildman–Crippen LogP) is 3.63. The van der Waals surface area contributed by atoms with Gasteiger partial charge in [-0.2, -0.15) is 0 Å². The first-order valence-corrected chi connectivity index (χ1v) is 8.68. The number of nitrogens with one attached hydrogen (secondary N) is 1. The highest BCUT2D eigenvalue weighted by atomic mass is 35.5. The van der Waals surface area contributed by atoms with Crippen LogP contribution >= 0.6 is 11.6 Å².